The first-order chi connectivity index (χ1) is 15.5. The van der Waals surface area contributed by atoms with Crippen LogP contribution in [0.2, 0.25) is 0 Å². The first-order valence-corrected chi connectivity index (χ1v) is 11.6. The number of benzene rings is 2. The Morgan fingerprint density at radius 3 is 2.62 bits per heavy atom. The van der Waals surface area contributed by atoms with Crippen LogP contribution in [0.25, 0.3) is 11.4 Å². The number of anilines is 1. The molecule has 32 heavy (non-hydrogen) atoms. The number of aromatic nitrogens is 2. The van der Waals surface area contributed by atoms with Crippen LogP contribution >= 0.6 is 15.9 Å². The molecule has 0 spiro atoms. The third-order valence-corrected chi connectivity index (χ3v) is 6.16. The van der Waals surface area contributed by atoms with Crippen LogP contribution in [-0.4, -0.2) is 39.9 Å². The molecule has 8 heteroatoms. The van der Waals surface area contributed by atoms with Crippen molar-refractivity contribution in [2.24, 2.45) is 0 Å². The van der Waals surface area contributed by atoms with E-state index in [4.69, 9.17) is 4.52 Å². The van der Waals surface area contributed by atoms with E-state index in [1.807, 2.05) is 60.4 Å². The highest BCUT2D eigenvalue weighted by atomic mass is 79.9. The van der Waals surface area contributed by atoms with Gasteiger partial charge in [0.05, 0.1) is 6.42 Å². The molecule has 1 aliphatic rings. The van der Waals surface area contributed by atoms with E-state index in [-0.39, 0.29) is 17.7 Å². The van der Waals surface area contributed by atoms with Gasteiger partial charge in [-0.05, 0) is 42.7 Å². The van der Waals surface area contributed by atoms with Gasteiger partial charge >= 0.3 is 0 Å². The van der Waals surface area contributed by atoms with Gasteiger partial charge in [0.25, 0.3) is 0 Å². The quantitative estimate of drug-likeness (QED) is 0.529. The second-order valence-corrected chi connectivity index (χ2v) is 8.81. The summed E-state index contributed by atoms with van der Waals surface area (Å²) in [7, 11) is 0. The zero-order chi connectivity index (χ0) is 22.5. The Hall–Kier alpha value is -3.00. The van der Waals surface area contributed by atoms with Crippen LogP contribution in [0.1, 0.15) is 43.6 Å². The standard InChI is InChI=1S/C24H25BrN4O3/c1-2-21(30)26-20-5-3-4-18(15-20)23-27-24(32-28-23)17-10-12-29(13-11-17)22(31)14-16-6-8-19(25)9-7-16/h3-9,15,17H,2,10-14H2,1H3,(H,26,30). The van der Waals surface area contributed by atoms with Crippen molar-refractivity contribution in [1.82, 2.24) is 15.0 Å². The van der Waals surface area contributed by atoms with Crippen LogP contribution in [-0.2, 0) is 16.0 Å². The van der Waals surface area contributed by atoms with Gasteiger partial charge in [-0.1, -0.05) is 52.3 Å². The van der Waals surface area contributed by atoms with Crippen molar-refractivity contribution in [3.8, 4) is 11.4 Å². The van der Waals surface area contributed by atoms with Gasteiger partial charge < -0.3 is 14.7 Å². The van der Waals surface area contributed by atoms with E-state index in [1.165, 1.54) is 0 Å². The van der Waals surface area contributed by atoms with Crippen LogP contribution in [0.5, 0.6) is 0 Å². The molecule has 0 atom stereocenters. The second-order valence-electron chi connectivity index (χ2n) is 7.90. The van der Waals surface area contributed by atoms with Gasteiger partial charge in [0.1, 0.15) is 0 Å². The second kappa shape index (κ2) is 10.1. The average molecular weight is 497 g/mol. The van der Waals surface area contributed by atoms with Gasteiger partial charge in [-0.2, -0.15) is 4.98 Å². The minimum Gasteiger partial charge on any atom is -0.342 e. The van der Waals surface area contributed by atoms with E-state index in [1.54, 1.807) is 0 Å². The summed E-state index contributed by atoms with van der Waals surface area (Å²) in [5, 5.41) is 6.98. The normalized spacial score (nSPS) is 14.4. The molecule has 1 saturated heterocycles. The first-order valence-electron chi connectivity index (χ1n) is 10.8. The molecule has 7 nitrogen and oxygen atoms in total. The summed E-state index contributed by atoms with van der Waals surface area (Å²) in [5.74, 6) is 1.33. The number of nitrogens with one attached hydrogen (secondary N) is 1. The molecule has 2 amide bonds. The molecule has 1 fully saturated rings. The van der Waals surface area contributed by atoms with Gasteiger partial charge in [0.15, 0.2) is 0 Å². The lowest BCUT2D eigenvalue weighted by Crippen LogP contribution is -2.38. The number of piperidine rings is 1. The Kier molecular flexibility index (Phi) is 6.99. The Labute approximate surface area is 195 Å². The summed E-state index contributed by atoms with van der Waals surface area (Å²) in [6.07, 6.45) is 2.41. The van der Waals surface area contributed by atoms with E-state index in [0.29, 0.717) is 43.3 Å². The molecule has 0 unspecified atom stereocenters. The van der Waals surface area contributed by atoms with Gasteiger partial charge in [-0.15, -0.1) is 0 Å². The molecule has 0 saturated carbocycles. The minimum absolute atomic E-state index is 0.0441. The Morgan fingerprint density at radius 1 is 1.16 bits per heavy atom. The molecular formula is C24H25BrN4O3. The van der Waals surface area contributed by atoms with Crippen LogP contribution in [0.3, 0.4) is 0 Å². The molecule has 0 bridgehead atoms. The number of carbonyl (C=O) groups is 2. The molecule has 0 aliphatic carbocycles. The largest absolute Gasteiger partial charge is 0.342 e. The maximum atomic E-state index is 12.6. The highest BCUT2D eigenvalue weighted by Gasteiger charge is 2.27. The van der Waals surface area contributed by atoms with E-state index in [0.717, 1.165) is 28.4 Å². The Balaban J connectivity index is 1.35. The Morgan fingerprint density at radius 2 is 1.91 bits per heavy atom. The van der Waals surface area contributed by atoms with E-state index < -0.39 is 0 Å². The number of halogens is 1. The summed E-state index contributed by atoms with van der Waals surface area (Å²) in [4.78, 5) is 30.8. The lowest BCUT2D eigenvalue weighted by Gasteiger charge is -2.30. The van der Waals surface area contributed by atoms with E-state index >= 15 is 0 Å². The predicted molar refractivity (Wildman–Crippen MR) is 125 cm³/mol. The third kappa shape index (κ3) is 5.43. The maximum absolute atomic E-state index is 12.6. The summed E-state index contributed by atoms with van der Waals surface area (Å²) in [6.45, 7) is 3.16. The van der Waals surface area contributed by atoms with Crippen molar-refractivity contribution >= 4 is 33.4 Å². The van der Waals surface area contributed by atoms with Crippen molar-refractivity contribution < 1.29 is 14.1 Å². The van der Waals surface area contributed by atoms with Crippen LogP contribution in [0.15, 0.2) is 57.5 Å². The SMILES string of the molecule is CCC(=O)Nc1cccc(-c2noc(C3CCN(C(=O)Cc4ccc(Br)cc4)CC3)n2)c1. The zero-order valence-electron chi connectivity index (χ0n) is 17.9. The smallest absolute Gasteiger partial charge is 0.230 e. The molecule has 1 aliphatic heterocycles. The number of amides is 2. The fraction of sp³-hybridized carbons (Fsp3) is 0.333. The van der Waals surface area contributed by atoms with Gasteiger partial charge in [0.2, 0.25) is 23.5 Å². The lowest BCUT2D eigenvalue weighted by molar-refractivity contribution is -0.131. The average Bonchev–Trinajstić information content (AvgIpc) is 3.31. The highest BCUT2D eigenvalue weighted by Crippen LogP contribution is 2.29. The fourth-order valence-electron chi connectivity index (χ4n) is 3.77. The van der Waals surface area contributed by atoms with Crippen LogP contribution < -0.4 is 5.32 Å². The summed E-state index contributed by atoms with van der Waals surface area (Å²) >= 11 is 3.42. The summed E-state index contributed by atoms with van der Waals surface area (Å²) < 4.78 is 6.55. The monoisotopic (exact) mass is 496 g/mol. The predicted octanol–water partition coefficient (Wildman–Crippen LogP) is 4.80. The highest BCUT2D eigenvalue weighted by molar-refractivity contribution is 9.10. The fourth-order valence-corrected chi connectivity index (χ4v) is 4.03. The molecule has 0 radical (unpaired) electrons. The molecule has 3 aromatic rings. The van der Waals surface area contributed by atoms with Crippen molar-refractivity contribution in [3.05, 3.63) is 64.5 Å². The van der Waals surface area contributed by atoms with Crippen molar-refractivity contribution in [2.45, 2.75) is 38.5 Å². The third-order valence-electron chi connectivity index (χ3n) is 5.63. The van der Waals surface area contributed by atoms with Crippen molar-refractivity contribution in [3.63, 3.8) is 0 Å². The number of rotatable bonds is 6. The topological polar surface area (TPSA) is 88.3 Å². The van der Waals surface area contributed by atoms with Crippen molar-refractivity contribution in [1.29, 1.82) is 0 Å². The minimum atomic E-state index is -0.0441. The molecule has 1 N–H and O–H groups in total. The molecule has 4 rings (SSSR count). The van der Waals surface area contributed by atoms with Crippen LogP contribution in [0.4, 0.5) is 5.69 Å². The van der Waals surface area contributed by atoms with E-state index in [2.05, 4.69) is 31.4 Å². The number of likely N-dealkylation sites (tertiary alicyclic amines) is 1. The number of hydrogen-bond acceptors (Lipinski definition) is 5. The molecule has 166 valence electrons. The lowest BCUT2D eigenvalue weighted by atomic mass is 9.96. The molecule has 2 aromatic carbocycles. The number of nitrogens with zero attached hydrogens (tertiary/aromatic N) is 3. The molecule has 2 heterocycles. The summed E-state index contributed by atoms with van der Waals surface area (Å²) in [6, 6.07) is 15.3. The van der Waals surface area contributed by atoms with Crippen LogP contribution in [0, 0.1) is 0 Å². The first kappa shape index (κ1) is 22.2. The maximum Gasteiger partial charge on any atom is 0.230 e. The van der Waals surface area contributed by atoms with Gasteiger partial charge in [0, 0.05) is 41.2 Å². The van der Waals surface area contributed by atoms with Gasteiger partial charge in [-0.3, -0.25) is 9.59 Å². The zero-order valence-corrected chi connectivity index (χ0v) is 19.5. The molecular weight excluding hydrogens is 472 g/mol. The van der Waals surface area contributed by atoms with E-state index in [9.17, 15) is 9.59 Å². The number of hydrogen-bond donors (Lipinski definition) is 1. The molecule has 1 aromatic heterocycles. The van der Waals surface area contributed by atoms with Gasteiger partial charge in [-0.25, -0.2) is 0 Å². The Bertz CT molecular complexity index is 1090. The van der Waals surface area contributed by atoms with Crippen molar-refractivity contribution in [2.75, 3.05) is 18.4 Å². The number of carbonyl (C=O) groups excluding carboxylic acids is 2. The summed E-state index contributed by atoms with van der Waals surface area (Å²) in [5.41, 5.74) is 2.51.